The van der Waals surface area contributed by atoms with Gasteiger partial charge in [0.2, 0.25) is 5.95 Å². The first-order valence-electron chi connectivity index (χ1n) is 6.92. The summed E-state index contributed by atoms with van der Waals surface area (Å²) in [5, 5.41) is 0. The van der Waals surface area contributed by atoms with E-state index in [-0.39, 0.29) is 17.2 Å². The number of benzene rings is 1. The molecule has 2 aromatic heterocycles. The molecule has 0 amide bonds. The number of hydrogen-bond donors (Lipinski definition) is 0. The molecule has 3 rings (SSSR count). The highest BCUT2D eigenvalue weighted by molar-refractivity contribution is 5.60. The topological polar surface area (TPSA) is 30.7 Å². The molecule has 0 atom stereocenters. The third-order valence-corrected chi connectivity index (χ3v) is 3.35. The van der Waals surface area contributed by atoms with Crippen LogP contribution < -0.4 is 0 Å². The Morgan fingerprint density at radius 2 is 1.36 bits per heavy atom. The highest BCUT2D eigenvalue weighted by Crippen LogP contribution is 2.33. The maximum absolute atomic E-state index is 13.1. The van der Waals surface area contributed by atoms with Crippen molar-refractivity contribution in [2.24, 2.45) is 0 Å². The van der Waals surface area contributed by atoms with Gasteiger partial charge in [-0.25, -0.2) is 9.97 Å². The van der Waals surface area contributed by atoms with Crippen molar-refractivity contribution in [2.45, 2.75) is 12.4 Å². The molecule has 25 heavy (non-hydrogen) atoms. The van der Waals surface area contributed by atoms with Crippen LogP contribution >= 0.6 is 0 Å². The minimum absolute atomic E-state index is 0.120. The maximum Gasteiger partial charge on any atom is 0.433 e. The average molecular weight is 357 g/mol. The minimum atomic E-state index is -4.72. The van der Waals surface area contributed by atoms with E-state index in [4.69, 9.17) is 0 Å². The van der Waals surface area contributed by atoms with Gasteiger partial charge in [-0.3, -0.25) is 4.57 Å². The normalized spacial score (nSPS) is 12.4. The van der Waals surface area contributed by atoms with Gasteiger partial charge in [-0.05, 0) is 30.3 Å². The number of rotatable bonds is 2. The molecule has 0 radical (unpaired) electrons. The van der Waals surface area contributed by atoms with Crippen molar-refractivity contribution in [1.29, 1.82) is 0 Å². The van der Waals surface area contributed by atoms with Gasteiger partial charge < -0.3 is 0 Å². The summed E-state index contributed by atoms with van der Waals surface area (Å²) in [5.74, 6) is -0.227. The van der Waals surface area contributed by atoms with Crippen LogP contribution in [0.1, 0.15) is 11.3 Å². The van der Waals surface area contributed by atoms with Crippen molar-refractivity contribution < 1.29 is 26.3 Å². The van der Waals surface area contributed by atoms with Gasteiger partial charge in [-0.15, -0.1) is 0 Å². The lowest BCUT2D eigenvalue weighted by Gasteiger charge is -2.12. The van der Waals surface area contributed by atoms with Crippen molar-refractivity contribution >= 4 is 0 Å². The van der Waals surface area contributed by atoms with E-state index in [2.05, 4.69) is 9.97 Å². The summed E-state index contributed by atoms with van der Waals surface area (Å²) < 4.78 is 78.4. The standard InChI is InChI=1S/C16H9F6N3/c17-15(18,19)11-5-3-10(4-6-11)12-9-13(16(20,21)22)24-14(23-12)25-7-1-2-8-25/h1-9H. The summed E-state index contributed by atoms with van der Waals surface area (Å²) in [6.45, 7) is 0. The third kappa shape index (κ3) is 3.65. The second kappa shape index (κ2) is 5.91. The van der Waals surface area contributed by atoms with Crippen LogP contribution in [0.4, 0.5) is 26.3 Å². The number of alkyl halides is 6. The van der Waals surface area contributed by atoms with Crippen LogP contribution in [0.25, 0.3) is 17.2 Å². The molecule has 0 bridgehead atoms. The summed E-state index contributed by atoms with van der Waals surface area (Å²) in [5.41, 5.74) is -2.08. The predicted octanol–water partition coefficient (Wildman–Crippen LogP) is 4.97. The lowest BCUT2D eigenvalue weighted by molar-refractivity contribution is -0.141. The molecular formula is C16H9F6N3. The van der Waals surface area contributed by atoms with Gasteiger partial charge in [-0.2, -0.15) is 26.3 Å². The Labute approximate surface area is 137 Å². The van der Waals surface area contributed by atoms with E-state index in [1.807, 2.05) is 0 Å². The van der Waals surface area contributed by atoms with Gasteiger partial charge in [0.25, 0.3) is 0 Å². The molecule has 0 spiro atoms. The van der Waals surface area contributed by atoms with Crippen molar-refractivity contribution in [2.75, 3.05) is 0 Å². The van der Waals surface area contributed by atoms with Crippen LogP contribution in [0.3, 0.4) is 0 Å². The van der Waals surface area contributed by atoms with Crippen LogP contribution in [0.2, 0.25) is 0 Å². The summed E-state index contributed by atoms with van der Waals surface area (Å²) in [7, 11) is 0. The summed E-state index contributed by atoms with van der Waals surface area (Å²) in [4.78, 5) is 7.50. The Morgan fingerprint density at radius 3 is 1.88 bits per heavy atom. The number of aromatic nitrogens is 3. The first-order valence-corrected chi connectivity index (χ1v) is 6.92. The van der Waals surface area contributed by atoms with Crippen molar-refractivity contribution in [1.82, 2.24) is 14.5 Å². The fraction of sp³-hybridized carbons (Fsp3) is 0.125. The Balaban J connectivity index is 2.10. The first-order chi connectivity index (χ1) is 11.6. The lowest BCUT2D eigenvalue weighted by Crippen LogP contribution is -2.12. The van der Waals surface area contributed by atoms with Crippen LogP contribution in [0.15, 0.2) is 54.9 Å². The first kappa shape index (κ1) is 17.0. The Hall–Kier alpha value is -2.84. The monoisotopic (exact) mass is 357 g/mol. The number of halogens is 6. The minimum Gasteiger partial charge on any atom is -0.293 e. The zero-order chi connectivity index (χ0) is 18.2. The maximum atomic E-state index is 13.1. The van der Waals surface area contributed by atoms with Gasteiger partial charge >= 0.3 is 12.4 Å². The molecule has 9 heteroatoms. The van der Waals surface area contributed by atoms with E-state index >= 15 is 0 Å². The zero-order valence-electron chi connectivity index (χ0n) is 12.3. The zero-order valence-corrected chi connectivity index (χ0v) is 12.3. The van der Waals surface area contributed by atoms with Crippen LogP contribution in [-0.2, 0) is 12.4 Å². The van der Waals surface area contributed by atoms with Crippen LogP contribution in [0.5, 0.6) is 0 Å². The molecule has 0 fully saturated rings. The fourth-order valence-corrected chi connectivity index (χ4v) is 2.14. The van der Waals surface area contributed by atoms with Crippen molar-refractivity contribution in [3.8, 4) is 17.2 Å². The van der Waals surface area contributed by atoms with E-state index in [1.54, 1.807) is 12.1 Å². The molecule has 130 valence electrons. The molecule has 0 saturated heterocycles. The fourth-order valence-electron chi connectivity index (χ4n) is 2.14. The van der Waals surface area contributed by atoms with Gasteiger partial charge in [0.15, 0.2) is 5.69 Å². The van der Waals surface area contributed by atoms with Gasteiger partial charge in [0.05, 0.1) is 11.3 Å². The summed E-state index contributed by atoms with van der Waals surface area (Å²) in [6, 6.07) is 7.61. The smallest absolute Gasteiger partial charge is 0.293 e. The number of hydrogen-bond acceptors (Lipinski definition) is 2. The highest BCUT2D eigenvalue weighted by atomic mass is 19.4. The highest BCUT2D eigenvalue weighted by Gasteiger charge is 2.34. The lowest BCUT2D eigenvalue weighted by atomic mass is 10.1. The SMILES string of the molecule is FC(F)(F)c1ccc(-c2cc(C(F)(F)F)nc(-n3cccc3)n2)cc1. The van der Waals surface area contributed by atoms with Gasteiger partial charge in [-0.1, -0.05) is 12.1 Å². The quantitative estimate of drug-likeness (QED) is 0.606. The molecule has 0 N–H and O–H groups in total. The molecule has 0 aliphatic carbocycles. The average Bonchev–Trinajstić information content (AvgIpc) is 3.07. The Morgan fingerprint density at radius 1 is 0.760 bits per heavy atom. The van der Waals surface area contributed by atoms with E-state index in [9.17, 15) is 26.3 Å². The summed E-state index contributed by atoms with van der Waals surface area (Å²) in [6.07, 6.45) is -6.32. The van der Waals surface area contributed by atoms with Gasteiger partial charge in [0.1, 0.15) is 0 Å². The van der Waals surface area contributed by atoms with Crippen LogP contribution in [0, 0.1) is 0 Å². The molecule has 0 saturated carbocycles. The molecule has 0 aliphatic heterocycles. The van der Waals surface area contributed by atoms with E-state index in [0.29, 0.717) is 6.07 Å². The molecule has 3 nitrogen and oxygen atoms in total. The molecular weight excluding hydrogens is 348 g/mol. The predicted molar refractivity (Wildman–Crippen MR) is 76.8 cm³/mol. The molecule has 0 aliphatic rings. The molecule has 0 unspecified atom stereocenters. The number of nitrogens with zero attached hydrogens (tertiary/aromatic N) is 3. The summed E-state index contributed by atoms with van der Waals surface area (Å²) >= 11 is 0. The van der Waals surface area contributed by atoms with E-state index in [1.165, 1.54) is 17.0 Å². The second-order valence-electron chi connectivity index (χ2n) is 5.10. The molecule has 1 aromatic carbocycles. The third-order valence-electron chi connectivity index (χ3n) is 3.35. The van der Waals surface area contributed by atoms with Gasteiger partial charge in [0, 0.05) is 18.0 Å². The Kier molecular flexibility index (Phi) is 4.02. The largest absolute Gasteiger partial charge is 0.433 e. The molecule has 3 aromatic rings. The molecule has 2 heterocycles. The van der Waals surface area contributed by atoms with Crippen LogP contribution in [-0.4, -0.2) is 14.5 Å². The van der Waals surface area contributed by atoms with E-state index < -0.39 is 23.6 Å². The van der Waals surface area contributed by atoms with E-state index in [0.717, 1.165) is 24.3 Å². The van der Waals surface area contributed by atoms with Crippen molar-refractivity contribution in [3.05, 3.63) is 66.1 Å². The Bertz CT molecular complexity index is 864. The van der Waals surface area contributed by atoms with Crippen molar-refractivity contribution in [3.63, 3.8) is 0 Å². The second-order valence-corrected chi connectivity index (χ2v) is 5.10.